The Morgan fingerprint density at radius 3 is 2.79 bits per heavy atom. The van der Waals surface area contributed by atoms with Crippen molar-refractivity contribution in [3.8, 4) is 0 Å². The SMILES string of the molecule is CC(N)c1ccc(N2CCCN(CCO)CC2)cn1. The van der Waals surface area contributed by atoms with Crippen molar-refractivity contribution >= 4 is 5.69 Å². The fourth-order valence-electron chi connectivity index (χ4n) is 2.45. The highest BCUT2D eigenvalue weighted by atomic mass is 16.3. The number of hydrogen-bond acceptors (Lipinski definition) is 5. The van der Waals surface area contributed by atoms with Crippen molar-refractivity contribution in [2.45, 2.75) is 19.4 Å². The molecule has 5 nitrogen and oxygen atoms in total. The molecule has 2 rings (SSSR count). The lowest BCUT2D eigenvalue weighted by atomic mass is 10.2. The molecule has 1 aliphatic rings. The Morgan fingerprint density at radius 1 is 1.32 bits per heavy atom. The summed E-state index contributed by atoms with van der Waals surface area (Å²) in [5.74, 6) is 0. The second kappa shape index (κ2) is 6.84. The van der Waals surface area contributed by atoms with Gasteiger partial charge in [0.1, 0.15) is 0 Å². The van der Waals surface area contributed by atoms with Crippen LogP contribution in [0.2, 0.25) is 0 Å². The van der Waals surface area contributed by atoms with E-state index < -0.39 is 0 Å². The van der Waals surface area contributed by atoms with Crippen molar-refractivity contribution < 1.29 is 5.11 Å². The van der Waals surface area contributed by atoms with E-state index in [0.717, 1.165) is 50.5 Å². The van der Waals surface area contributed by atoms with Crippen LogP contribution in [0.3, 0.4) is 0 Å². The van der Waals surface area contributed by atoms with Crippen molar-refractivity contribution in [1.29, 1.82) is 0 Å². The van der Waals surface area contributed by atoms with Gasteiger partial charge in [-0.1, -0.05) is 0 Å². The number of aliphatic hydroxyl groups excluding tert-OH is 1. The summed E-state index contributed by atoms with van der Waals surface area (Å²) in [6.45, 7) is 7.04. The molecule has 2 heterocycles. The zero-order valence-electron chi connectivity index (χ0n) is 11.6. The summed E-state index contributed by atoms with van der Waals surface area (Å²) in [4.78, 5) is 9.08. The number of nitrogens with two attached hydrogens (primary N) is 1. The lowest BCUT2D eigenvalue weighted by Gasteiger charge is -2.23. The number of β-amino-alcohol motifs (C(OH)–C–C–N with tert-alkyl or cyclic N) is 1. The van der Waals surface area contributed by atoms with E-state index in [1.165, 1.54) is 0 Å². The van der Waals surface area contributed by atoms with E-state index in [4.69, 9.17) is 10.8 Å². The molecule has 0 bridgehead atoms. The van der Waals surface area contributed by atoms with Crippen LogP contribution in [0.1, 0.15) is 25.1 Å². The largest absolute Gasteiger partial charge is 0.395 e. The van der Waals surface area contributed by atoms with Crippen LogP contribution in [0, 0.1) is 0 Å². The number of hydrogen-bond donors (Lipinski definition) is 2. The highest BCUT2D eigenvalue weighted by Gasteiger charge is 2.15. The van der Waals surface area contributed by atoms with Gasteiger partial charge in [0, 0.05) is 32.2 Å². The monoisotopic (exact) mass is 264 g/mol. The van der Waals surface area contributed by atoms with Crippen LogP contribution in [0.15, 0.2) is 18.3 Å². The molecule has 1 atom stereocenters. The normalized spacial score (nSPS) is 19.2. The van der Waals surface area contributed by atoms with E-state index in [0.29, 0.717) is 0 Å². The average molecular weight is 264 g/mol. The molecule has 1 aliphatic heterocycles. The molecule has 0 spiro atoms. The summed E-state index contributed by atoms with van der Waals surface area (Å²) in [5, 5.41) is 9.00. The maximum atomic E-state index is 9.00. The van der Waals surface area contributed by atoms with Crippen LogP contribution in [-0.2, 0) is 0 Å². The molecule has 1 unspecified atom stereocenters. The van der Waals surface area contributed by atoms with Crippen molar-refractivity contribution in [2.75, 3.05) is 44.2 Å². The first-order valence-corrected chi connectivity index (χ1v) is 7.00. The minimum atomic E-state index is -0.0155. The first kappa shape index (κ1) is 14.2. The maximum Gasteiger partial charge on any atom is 0.0569 e. The minimum absolute atomic E-state index is 0.0155. The minimum Gasteiger partial charge on any atom is -0.395 e. The van der Waals surface area contributed by atoms with Gasteiger partial charge in [-0.05, 0) is 32.0 Å². The van der Waals surface area contributed by atoms with Gasteiger partial charge in [0.05, 0.1) is 24.2 Å². The molecule has 0 aromatic carbocycles. The van der Waals surface area contributed by atoms with Gasteiger partial charge < -0.3 is 15.7 Å². The molecule has 0 saturated carbocycles. The topological polar surface area (TPSA) is 65.6 Å². The quantitative estimate of drug-likeness (QED) is 0.834. The lowest BCUT2D eigenvalue weighted by molar-refractivity contribution is 0.204. The van der Waals surface area contributed by atoms with Gasteiger partial charge in [-0.15, -0.1) is 0 Å². The zero-order valence-corrected chi connectivity index (χ0v) is 11.6. The van der Waals surface area contributed by atoms with Crippen LogP contribution in [0.4, 0.5) is 5.69 Å². The molecule has 3 N–H and O–H groups in total. The van der Waals surface area contributed by atoms with Gasteiger partial charge in [-0.25, -0.2) is 0 Å². The molecule has 0 aliphatic carbocycles. The number of aromatic nitrogens is 1. The number of pyridine rings is 1. The van der Waals surface area contributed by atoms with Gasteiger partial charge in [0.2, 0.25) is 0 Å². The molecule has 1 saturated heterocycles. The molecule has 5 heteroatoms. The summed E-state index contributed by atoms with van der Waals surface area (Å²) < 4.78 is 0. The molecule has 1 fully saturated rings. The van der Waals surface area contributed by atoms with Crippen molar-refractivity contribution in [2.24, 2.45) is 5.73 Å². The third kappa shape index (κ3) is 3.89. The molecule has 0 amide bonds. The molecular formula is C14H24N4O. The van der Waals surface area contributed by atoms with Crippen molar-refractivity contribution in [1.82, 2.24) is 9.88 Å². The number of anilines is 1. The Morgan fingerprint density at radius 2 is 2.16 bits per heavy atom. The Labute approximate surface area is 115 Å². The Balaban J connectivity index is 1.97. The second-order valence-corrected chi connectivity index (χ2v) is 5.14. The Kier molecular flexibility index (Phi) is 5.13. The third-order valence-electron chi connectivity index (χ3n) is 3.61. The van der Waals surface area contributed by atoms with Gasteiger partial charge in [0.25, 0.3) is 0 Å². The summed E-state index contributed by atoms with van der Waals surface area (Å²) in [7, 11) is 0. The number of aliphatic hydroxyl groups is 1. The molecular weight excluding hydrogens is 240 g/mol. The van der Waals surface area contributed by atoms with E-state index in [1.807, 2.05) is 19.2 Å². The fraction of sp³-hybridized carbons (Fsp3) is 0.643. The van der Waals surface area contributed by atoms with Crippen molar-refractivity contribution in [3.05, 3.63) is 24.0 Å². The first-order valence-electron chi connectivity index (χ1n) is 7.00. The number of rotatable bonds is 4. The van der Waals surface area contributed by atoms with E-state index in [2.05, 4.69) is 20.9 Å². The van der Waals surface area contributed by atoms with Gasteiger partial charge in [-0.3, -0.25) is 9.88 Å². The van der Waals surface area contributed by atoms with Crippen LogP contribution in [-0.4, -0.2) is 54.3 Å². The van der Waals surface area contributed by atoms with Crippen LogP contribution >= 0.6 is 0 Å². The van der Waals surface area contributed by atoms with Crippen molar-refractivity contribution in [3.63, 3.8) is 0 Å². The lowest BCUT2D eigenvalue weighted by Crippen LogP contribution is -2.32. The van der Waals surface area contributed by atoms with Gasteiger partial charge in [-0.2, -0.15) is 0 Å². The third-order valence-corrected chi connectivity index (χ3v) is 3.61. The second-order valence-electron chi connectivity index (χ2n) is 5.14. The molecule has 1 aromatic heterocycles. The Hall–Kier alpha value is -1.17. The van der Waals surface area contributed by atoms with Crippen LogP contribution in [0.25, 0.3) is 0 Å². The highest BCUT2D eigenvalue weighted by Crippen LogP contribution is 2.17. The van der Waals surface area contributed by atoms with Gasteiger partial charge in [0.15, 0.2) is 0 Å². The molecule has 106 valence electrons. The fourth-order valence-corrected chi connectivity index (χ4v) is 2.45. The summed E-state index contributed by atoms with van der Waals surface area (Å²) in [5.41, 5.74) is 7.91. The zero-order chi connectivity index (χ0) is 13.7. The molecule has 0 radical (unpaired) electrons. The predicted octanol–water partition coefficient (Wildman–Crippen LogP) is 0.606. The summed E-state index contributed by atoms with van der Waals surface area (Å²) >= 11 is 0. The maximum absolute atomic E-state index is 9.00. The van der Waals surface area contributed by atoms with Crippen LogP contribution in [0.5, 0.6) is 0 Å². The molecule has 1 aromatic rings. The smallest absolute Gasteiger partial charge is 0.0569 e. The first-order chi connectivity index (χ1) is 9.20. The van der Waals surface area contributed by atoms with E-state index >= 15 is 0 Å². The summed E-state index contributed by atoms with van der Waals surface area (Å²) in [6, 6.07) is 4.10. The summed E-state index contributed by atoms with van der Waals surface area (Å²) in [6.07, 6.45) is 3.04. The van der Waals surface area contributed by atoms with E-state index in [-0.39, 0.29) is 12.6 Å². The predicted molar refractivity (Wildman–Crippen MR) is 77.2 cm³/mol. The Bertz CT molecular complexity index is 380. The average Bonchev–Trinajstić information content (AvgIpc) is 2.65. The van der Waals surface area contributed by atoms with E-state index in [9.17, 15) is 0 Å². The molecule has 19 heavy (non-hydrogen) atoms. The van der Waals surface area contributed by atoms with Crippen LogP contribution < -0.4 is 10.6 Å². The number of nitrogens with zero attached hydrogens (tertiary/aromatic N) is 3. The standard InChI is InChI=1S/C14H24N4O/c1-12(15)14-4-3-13(11-16-14)18-6-2-5-17(7-8-18)9-10-19/h3-4,11-12,19H,2,5-10,15H2,1H3. The van der Waals surface area contributed by atoms with E-state index in [1.54, 1.807) is 0 Å². The highest BCUT2D eigenvalue weighted by molar-refractivity contribution is 5.45. The van der Waals surface area contributed by atoms with Gasteiger partial charge >= 0.3 is 0 Å².